The third-order valence-corrected chi connectivity index (χ3v) is 4.13. The summed E-state index contributed by atoms with van der Waals surface area (Å²) >= 11 is 1.11. The van der Waals surface area contributed by atoms with Crippen LogP contribution in [0.25, 0.3) is 0 Å². The maximum Gasteiger partial charge on any atom is 0.217 e. The highest BCUT2D eigenvalue weighted by molar-refractivity contribution is 7.94. The number of hydrogen-bond donors (Lipinski definition) is 0. The first-order valence-corrected chi connectivity index (χ1v) is 7.89. The molecule has 2 atom stereocenters. The molecule has 0 saturated heterocycles. The summed E-state index contributed by atoms with van der Waals surface area (Å²) in [6.45, 7) is -0.565. The van der Waals surface area contributed by atoms with E-state index in [0.29, 0.717) is 5.90 Å². The zero-order chi connectivity index (χ0) is 16.1. The molecule has 0 spiro atoms. The number of nitrogens with zero attached hydrogens (tertiary/aromatic N) is 1. The zero-order valence-electron chi connectivity index (χ0n) is 12.5. The molecule has 0 fully saturated rings. The summed E-state index contributed by atoms with van der Waals surface area (Å²) in [6.07, 6.45) is -0.419. The first-order valence-electron chi connectivity index (χ1n) is 7.15. The molecule has 6 heteroatoms. The molecule has 0 unspecified atom stereocenters. The summed E-state index contributed by atoms with van der Waals surface area (Å²) in [5.74, 6) is 0.486. The van der Waals surface area contributed by atoms with E-state index in [4.69, 9.17) is 9.07 Å². The summed E-state index contributed by atoms with van der Waals surface area (Å²) in [6, 6.07) is 16.5. The Balaban J connectivity index is 1.76. The Morgan fingerprint density at radius 3 is 2.52 bits per heavy atom. The van der Waals surface area contributed by atoms with Crippen molar-refractivity contribution in [3.05, 3.63) is 65.7 Å². The monoisotopic (exact) mass is 333 g/mol. The second-order valence-corrected chi connectivity index (χ2v) is 5.72. The van der Waals surface area contributed by atoms with Crippen LogP contribution in [0.3, 0.4) is 0 Å². The third-order valence-electron chi connectivity index (χ3n) is 3.46. The van der Waals surface area contributed by atoms with Crippen molar-refractivity contribution >= 4 is 17.9 Å². The lowest BCUT2D eigenvalue weighted by Crippen LogP contribution is -2.16. The Labute approximate surface area is 138 Å². The molecular formula is C17H16FNO3S. The van der Waals surface area contributed by atoms with Gasteiger partial charge >= 0.3 is 0 Å². The Hall–Kier alpha value is -1.89. The van der Waals surface area contributed by atoms with Gasteiger partial charge in [-0.15, -0.1) is 0 Å². The van der Waals surface area contributed by atoms with Gasteiger partial charge in [0.05, 0.1) is 19.2 Å². The quantitative estimate of drug-likeness (QED) is 0.453. The van der Waals surface area contributed by atoms with Crippen LogP contribution in [0.1, 0.15) is 17.2 Å². The number of rotatable bonds is 6. The second-order valence-electron chi connectivity index (χ2n) is 4.95. The van der Waals surface area contributed by atoms with Crippen LogP contribution in [0, 0.1) is 0 Å². The normalized spacial score (nSPS) is 20.2. The highest BCUT2D eigenvalue weighted by Crippen LogP contribution is 2.32. The molecule has 1 aliphatic rings. The maximum atomic E-state index is 13.3. The third kappa shape index (κ3) is 3.72. The van der Waals surface area contributed by atoms with Gasteiger partial charge in [0.25, 0.3) is 0 Å². The molecule has 0 bridgehead atoms. The number of alkyl halides is 1. The molecular weight excluding hydrogens is 317 g/mol. The standard InChI is InChI=1S/C17H16FNO3S/c1-20-22-23-14-9-7-12(8-10-14)16-15(11-18)19-17(21-16)13-5-3-2-4-6-13/h2-10,15-16H,11H2,1H3/t15-,16-/m1/s1. The van der Waals surface area contributed by atoms with E-state index < -0.39 is 18.8 Å². The lowest BCUT2D eigenvalue weighted by molar-refractivity contribution is -0.160. The predicted molar refractivity (Wildman–Crippen MR) is 87.0 cm³/mol. The number of ether oxygens (including phenoxy) is 1. The van der Waals surface area contributed by atoms with E-state index in [1.165, 1.54) is 7.11 Å². The Morgan fingerprint density at radius 1 is 1.13 bits per heavy atom. The molecule has 23 heavy (non-hydrogen) atoms. The molecule has 3 rings (SSSR count). The molecule has 0 saturated carbocycles. The summed E-state index contributed by atoms with van der Waals surface area (Å²) < 4.78 is 24.1. The topological polar surface area (TPSA) is 40.0 Å². The van der Waals surface area contributed by atoms with Gasteiger partial charge in [-0.05, 0) is 29.8 Å². The lowest BCUT2D eigenvalue weighted by atomic mass is 10.0. The van der Waals surface area contributed by atoms with Crippen molar-refractivity contribution in [2.24, 2.45) is 4.99 Å². The van der Waals surface area contributed by atoms with E-state index in [9.17, 15) is 4.39 Å². The molecule has 0 aliphatic carbocycles. The van der Waals surface area contributed by atoms with Crippen LogP contribution in [0.5, 0.6) is 0 Å². The molecule has 4 nitrogen and oxygen atoms in total. The second kappa shape index (κ2) is 7.59. The van der Waals surface area contributed by atoms with E-state index >= 15 is 0 Å². The van der Waals surface area contributed by atoms with Crippen LogP contribution >= 0.6 is 12.0 Å². The average Bonchev–Trinajstić information content (AvgIpc) is 3.05. The number of hydrogen-bond acceptors (Lipinski definition) is 5. The number of halogens is 1. The fraction of sp³-hybridized carbons (Fsp3) is 0.235. The van der Waals surface area contributed by atoms with Gasteiger partial charge in [0.1, 0.15) is 12.7 Å². The largest absolute Gasteiger partial charge is 0.467 e. The van der Waals surface area contributed by atoms with Crippen molar-refractivity contribution in [2.45, 2.75) is 17.0 Å². The van der Waals surface area contributed by atoms with Crippen LogP contribution in [0.4, 0.5) is 4.39 Å². The van der Waals surface area contributed by atoms with Crippen molar-refractivity contribution in [1.29, 1.82) is 0 Å². The predicted octanol–water partition coefficient (Wildman–Crippen LogP) is 4.13. The van der Waals surface area contributed by atoms with E-state index in [2.05, 4.69) is 9.88 Å². The van der Waals surface area contributed by atoms with E-state index in [-0.39, 0.29) is 0 Å². The average molecular weight is 333 g/mol. The van der Waals surface area contributed by atoms with Crippen molar-refractivity contribution in [3.63, 3.8) is 0 Å². The number of aliphatic imine (C=N–C) groups is 1. The van der Waals surface area contributed by atoms with Crippen molar-refractivity contribution in [2.75, 3.05) is 13.8 Å². The molecule has 0 radical (unpaired) electrons. The molecule has 1 heterocycles. The Kier molecular flexibility index (Phi) is 5.27. The molecule has 2 aromatic carbocycles. The molecule has 0 amide bonds. The first kappa shape index (κ1) is 16.0. The SMILES string of the molecule is COOSc1ccc([C@H]2OC(c3ccccc3)=N[C@@H]2CF)cc1. The van der Waals surface area contributed by atoms with Gasteiger partial charge < -0.3 is 4.74 Å². The smallest absolute Gasteiger partial charge is 0.217 e. The summed E-state index contributed by atoms with van der Waals surface area (Å²) in [5.41, 5.74) is 1.73. The van der Waals surface area contributed by atoms with Gasteiger partial charge in [-0.25, -0.2) is 14.3 Å². The summed E-state index contributed by atoms with van der Waals surface area (Å²) in [5, 5.41) is 0. The lowest BCUT2D eigenvalue weighted by Gasteiger charge is -2.16. The van der Waals surface area contributed by atoms with Gasteiger partial charge in [-0.3, -0.25) is 0 Å². The van der Waals surface area contributed by atoms with Crippen molar-refractivity contribution < 1.29 is 18.3 Å². The van der Waals surface area contributed by atoms with Crippen molar-refractivity contribution in [1.82, 2.24) is 0 Å². The van der Waals surface area contributed by atoms with E-state index in [1.807, 2.05) is 54.6 Å². The molecule has 120 valence electrons. The van der Waals surface area contributed by atoms with Crippen LogP contribution in [0.2, 0.25) is 0 Å². The van der Waals surface area contributed by atoms with E-state index in [1.54, 1.807) is 0 Å². The molecule has 2 aromatic rings. The van der Waals surface area contributed by atoms with Crippen LogP contribution in [-0.4, -0.2) is 25.7 Å². The minimum absolute atomic E-state index is 0.419. The van der Waals surface area contributed by atoms with Crippen LogP contribution in [0.15, 0.2) is 64.5 Å². The Morgan fingerprint density at radius 2 is 1.87 bits per heavy atom. The molecule has 0 N–H and O–H groups in total. The van der Waals surface area contributed by atoms with Gasteiger partial charge in [-0.2, -0.15) is 4.33 Å². The first-order chi connectivity index (χ1) is 11.3. The van der Waals surface area contributed by atoms with Gasteiger partial charge in [0, 0.05) is 10.5 Å². The highest BCUT2D eigenvalue weighted by atomic mass is 32.2. The summed E-state index contributed by atoms with van der Waals surface area (Å²) in [4.78, 5) is 9.80. The highest BCUT2D eigenvalue weighted by Gasteiger charge is 2.32. The van der Waals surface area contributed by atoms with Crippen LogP contribution in [-0.2, 0) is 14.0 Å². The van der Waals surface area contributed by atoms with Gasteiger partial charge in [0.15, 0.2) is 6.10 Å². The maximum absolute atomic E-state index is 13.3. The number of benzene rings is 2. The fourth-order valence-corrected chi connectivity index (χ4v) is 2.76. The minimum atomic E-state index is -0.565. The van der Waals surface area contributed by atoms with E-state index in [0.717, 1.165) is 28.1 Å². The zero-order valence-corrected chi connectivity index (χ0v) is 13.3. The fourth-order valence-electron chi connectivity index (χ4n) is 2.36. The van der Waals surface area contributed by atoms with Gasteiger partial charge in [0.2, 0.25) is 5.90 Å². The summed E-state index contributed by atoms with van der Waals surface area (Å²) in [7, 11) is 1.45. The minimum Gasteiger partial charge on any atom is -0.467 e. The van der Waals surface area contributed by atoms with Crippen molar-refractivity contribution in [3.8, 4) is 0 Å². The van der Waals surface area contributed by atoms with Gasteiger partial charge in [-0.1, -0.05) is 30.3 Å². The molecule has 1 aliphatic heterocycles. The van der Waals surface area contributed by atoms with Crippen LogP contribution < -0.4 is 0 Å². The Bertz CT molecular complexity index is 663. The molecule has 0 aromatic heterocycles.